The SMILES string of the molecule is Cc1nc(NC2CC2)cc(N2CCCCC2CO)n1. The second-order valence-corrected chi connectivity index (χ2v) is 5.60. The lowest BCUT2D eigenvalue weighted by Crippen LogP contribution is -2.42. The summed E-state index contributed by atoms with van der Waals surface area (Å²) in [6.07, 6.45) is 5.89. The summed E-state index contributed by atoms with van der Waals surface area (Å²) in [7, 11) is 0. The van der Waals surface area contributed by atoms with E-state index in [-0.39, 0.29) is 12.6 Å². The Morgan fingerprint density at radius 3 is 2.89 bits per heavy atom. The van der Waals surface area contributed by atoms with Gasteiger partial charge in [0.15, 0.2) is 0 Å². The molecule has 1 aromatic rings. The summed E-state index contributed by atoms with van der Waals surface area (Å²) in [6, 6.07) is 2.83. The van der Waals surface area contributed by atoms with Crippen molar-refractivity contribution in [3.63, 3.8) is 0 Å². The molecule has 2 aliphatic rings. The van der Waals surface area contributed by atoms with E-state index in [1.807, 2.05) is 13.0 Å². The summed E-state index contributed by atoms with van der Waals surface area (Å²) in [5, 5.41) is 12.9. The molecule has 0 aromatic carbocycles. The summed E-state index contributed by atoms with van der Waals surface area (Å²) in [5.74, 6) is 2.67. The summed E-state index contributed by atoms with van der Waals surface area (Å²) in [6.45, 7) is 3.11. The maximum absolute atomic E-state index is 9.52. The second-order valence-electron chi connectivity index (χ2n) is 5.60. The van der Waals surface area contributed by atoms with Gasteiger partial charge in [-0.2, -0.15) is 0 Å². The predicted molar refractivity (Wildman–Crippen MR) is 75.5 cm³/mol. The number of aliphatic hydroxyl groups is 1. The van der Waals surface area contributed by atoms with Gasteiger partial charge >= 0.3 is 0 Å². The van der Waals surface area contributed by atoms with Crippen LogP contribution in [0.3, 0.4) is 0 Å². The lowest BCUT2D eigenvalue weighted by atomic mass is 10.0. The molecule has 1 saturated carbocycles. The zero-order valence-electron chi connectivity index (χ0n) is 11.5. The molecule has 19 heavy (non-hydrogen) atoms. The molecule has 0 amide bonds. The first kappa shape index (κ1) is 12.7. The van der Waals surface area contributed by atoms with Gasteiger partial charge in [-0.25, -0.2) is 9.97 Å². The van der Waals surface area contributed by atoms with Crippen molar-refractivity contribution in [1.29, 1.82) is 0 Å². The van der Waals surface area contributed by atoms with Crippen LogP contribution in [0.25, 0.3) is 0 Å². The Kier molecular flexibility index (Phi) is 3.55. The van der Waals surface area contributed by atoms with Gasteiger partial charge in [-0.15, -0.1) is 0 Å². The van der Waals surface area contributed by atoms with Crippen molar-refractivity contribution < 1.29 is 5.11 Å². The molecule has 1 aliphatic heterocycles. The molecule has 5 heteroatoms. The van der Waals surface area contributed by atoms with E-state index in [1.165, 1.54) is 25.7 Å². The van der Waals surface area contributed by atoms with E-state index in [0.717, 1.165) is 30.4 Å². The third kappa shape index (κ3) is 2.97. The number of anilines is 2. The summed E-state index contributed by atoms with van der Waals surface area (Å²) in [4.78, 5) is 11.2. The molecule has 1 atom stereocenters. The van der Waals surface area contributed by atoms with Gasteiger partial charge in [0, 0.05) is 18.7 Å². The van der Waals surface area contributed by atoms with Crippen molar-refractivity contribution in [2.24, 2.45) is 0 Å². The van der Waals surface area contributed by atoms with E-state index in [2.05, 4.69) is 20.2 Å². The Hall–Kier alpha value is -1.36. The van der Waals surface area contributed by atoms with Crippen LogP contribution in [0.2, 0.25) is 0 Å². The quantitative estimate of drug-likeness (QED) is 0.865. The minimum atomic E-state index is 0.203. The Morgan fingerprint density at radius 1 is 1.32 bits per heavy atom. The van der Waals surface area contributed by atoms with Gasteiger partial charge in [0.2, 0.25) is 0 Å². The number of aryl methyl sites for hydroxylation is 1. The highest BCUT2D eigenvalue weighted by molar-refractivity contribution is 5.51. The molecule has 1 saturated heterocycles. The molecule has 0 radical (unpaired) electrons. The predicted octanol–water partition coefficient (Wildman–Crippen LogP) is 1.71. The average molecular weight is 262 g/mol. The Bertz CT molecular complexity index is 447. The number of rotatable bonds is 4. The van der Waals surface area contributed by atoms with Gasteiger partial charge in [-0.1, -0.05) is 0 Å². The highest BCUT2D eigenvalue weighted by Gasteiger charge is 2.25. The van der Waals surface area contributed by atoms with Crippen LogP contribution >= 0.6 is 0 Å². The number of nitrogens with zero attached hydrogens (tertiary/aromatic N) is 3. The largest absolute Gasteiger partial charge is 0.394 e. The minimum absolute atomic E-state index is 0.203. The molecular weight excluding hydrogens is 240 g/mol. The standard InChI is InChI=1S/C14H22N4O/c1-10-15-13(17-11-5-6-11)8-14(16-10)18-7-3-2-4-12(18)9-19/h8,11-12,19H,2-7,9H2,1H3,(H,15,16,17). The van der Waals surface area contributed by atoms with Crippen LogP contribution in [0, 0.1) is 6.92 Å². The van der Waals surface area contributed by atoms with Crippen molar-refractivity contribution in [3.8, 4) is 0 Å². The smallest absolute Gasteiger partial charge is 0.134 e. The van der Waals surface area contributed by atoms with Crippen LogP contribution in [0.5, 0.6) is 0 Å². The van der Waals surface area contributed by atoms with Crippen LogP contribution in [0.1, 0.15) is 37.9 Å². The molecule has 104 valence electrons. The van der Waals surface area contributed by atoms with Crippen LogP contribution < -0.4 is 10.2 Å². The number of nitrogens with one attached hydrogen (secondary N) is 1. The number of aromatic nitrogens is 2. The normalized spacial score (nSPS) is 23.5. The van der Waals surface area contributed by atoms with Gasteiger partial charge < -0.3 is 15.3 Å². The van der Waals surface area contributed by atoms with Crippen molar-refractivity contribution in [1.82, 2.24) is 9.97 Å². The van der Waals surface area contributed by atoms with E-state index in [9.17, 15) is 5.11 Å². The molecule has 2 N–H and O–H groups in total. The van der Waals surface area contributed by atoms with Crippen molar-refractivity contribution in [2.75, 3.05) is 23.4 Å². The fraction of sp³-hybridized carbons (Fsp3) is 0.714. The van der Waals surface area contributed by atoms with Gasteiger partial charge in [0.05, 0.1) is 12.6 Å². The zero-order chi connectivity index (χ0) is 13.2. The Labute approximate surface area is 114 Å². The van der Waals surface area contributed by atoms with Crippen molar-refractivity contribution >= 4 is 11.6 Å². The van der Waals surface area contributed by atoms with Crippen LogP contribution in [0.15, 0.2) is 6.07 Å². The molecule has 2 fully saturated rings. The number of aliphatic hydroxyl groups excluding tert-OH is 1. The van der Waals surface area contributed by atoms with E-state index >= 15 is 0 Å². The molecular formula is C14H22N4O. The Morgan fingerprint density at radius 2 is 2.16 bits per heavy atom. The fourth-order valence-corrected chi connectivity index (χ4v) is 2.70. The maximum atomic E-state index is 9.52. The molecule has 3 rings (SSSR count). The molecule has 5 nitrogen and oxygen atoms in total. The lowest BCUT2D eigenvalue weighted by molar-refractivity contribution is 0.239. The highest BCUT2D eigenvalue weighted by atomic mass is 16.3. The fourth-order valence-electron chi connectivity index (χ4n) is 2.70. The minimum Gasteiger partial charge on any atom is -0.394 e. The first-order valence-corrected chi connectivity index (χ1v) is 7.26. The first-order valence-electron chi connectivity index (χ1n) is 7.26. The number of hydrogen-bond acceptors (Lipinski definition) is 5. The van der Waals surface area contributed by atoms with Gasteiger partial charge in [-0.3, -0.25) is 0 Å². The van der Waals surface area contributed by atoms with E-state index in [4.69, 9.17) is 0 Å². The van der Waals surface area contributed by atoms with Gasteiger partial charge in [0.25, 0.3) is 0 Å². The summed E-state index contributed by atoms with van der Waals surface area (Å²) >= 11 is 0. The summed E-state index contributed by atoms with van der Waals surface area (Å²) in [5.41, 5.74) is 0. The monoisotopic (exact) mass is 262 g/mol. The van der Waals surface area contributed by atoms with Crippen molar-refractivity contribution in [3.05, 3.63) is 11.9 Å². The van der Waals surface area contributed by atoms with Gasteiger partial charge in [0.1, 0.15) is 17.5 Å². The van der Waals surface area contributed by atoms with E-state index in [1.54, 1.807) is 0 Å². The van der Waals surface area contributed by atoms with Crippen LogP contribution in [-0.4, -0.2) is 40.3 Å². The number of hydrogen-bond donors (Lipinski definition) is 2. The molecule has 1 unspecified atom stereocenters. The number of piperidine rings is 1. The summed E-state index contributed by atoms with van der Waals surface area (Å²) < 4.78 is 0. The van der Waals surface area contributed by atoms with Crippen LogP contribution in [0.4, 0.5) is 11.6 Å². The third-order valence-electron chi connectivity index (χ3n) is 3.89. The lowest BCUT2D eigenvalue weighted by Gasteiger charge is -2.35. The molecule has 1 aromatic heterocycles. The molecule has 0 spiro atoms. The zero-order valence-corrected chi connectivity index (χ0v) is 11.5. The first-order chi connectivity index (χ1) is 9.26. The molecule has 2 heterocycles. The maximum Gasteiger partial charge on any atom is 0.134 e. The van der Waals surface area contributed by atoms with E-state index in [0.29, 0.717) is 6.04 Å². The third-order valence-corrected chi connectivity index (χ3v) is 3.89. The second kappa shape index (κ2) is 5.33. The van der Waals surface area contributed by atoms with Crippen molar-refractivity contribution in [2.45, 2.75) is 51.1 Å². The van der Waals surface area contributed by atoms with E-state index < -0.39 is 0 Å². The average Bonchev–Trinajstić information content (AvgIpc) is 3.22. The van der Waals surface area contributed by atoms with Gasteiger partial charge in [-0.05, 0) is 39.0 Å². The topological polar surface area (TPSA) is 61.3 Å². The molecule has 0 bridgehead atoms. The highest BCUT2D eigenvalue weighted by Crippen LogP contribution is 2.28. The molecule has 1 aliphatic carbocycles. The van der Waals surface area contributed by atoms with Crippen LogP contribution in [-0.2, 0) is 0 Å². The Balaban J connectivity index is 1.83.